The minimum atomic E-state index is -3.78. The number of hydrogen-bond donors (Lipinski definition) is 0. The number of nitrogens with zero attached hydrogens (tertiary/aromatic N) is 2. The van der Waals surface area contributed by atoms with Gasteiger partial charge in [-0.05, 0) is 77.5 Å². The largest absolute Gasteiger partial charge is 0.350 e. The summed E-state index contributed by atoms with van der Waals surface area (Å²) in [5, 5.41) is 1.18. The highest BCUT2D eigenvalue weighted by molar-refractivity contribution is 14.1. The van der Waals surface area contributed by atoms with E-state index in [9.17, 15) is 8.42 Å². The average Bonchev–Trinajstić information content (AvgIpc) is 3.08. The summed E-state index contributed by atoms with van der Waals surface area (Å²) < 4.78 is 32.5. The van der Waals surface area contributed by atoms with Crippen molar-refractivity contribution in [2.24, 2.45) is 7.05 Å². The fourth-order valence-electron chi connectivity index (χ4n) is 3.62. The molecule has 0 bridgehead atoms. The highest BCUT2D eigenvalue weighted by Gasteiger charge is 2.24. The third-order valence-corrected chi connectivity index (χ3v) is 8.15. The molecule has 32 heavy (non-hydrogen) atoms. The third-order valence-electron chi connectivity index (χ3n) is 5.26. The lowest BCUT2D eigenvalue weighted by Crippen LogP contribution is -2.26. The second-order valence-electron chi connectivity index (χ2n) is 7.63. The molecule has 3 aromatic carbocycles. The molecule has 4 rings (SSSR count). The maximum atomic E-state index is 13.6. The van der Waals surface area contributed by atoms with Crippen molar-refractivity contribution in [2.45, 2.75) is 18.2 Å². The van der Waals surface area contributed by atoms with Gasteiger partial charge < -0.3 is 4.57 Å². The fraction of sp³-hybridized carbons (Fsp3) is 0.120. The topological polar surface area (TPSA) is 42.3 Å². The Kier molecular flexibility index (Phi) is 6.78. The van der Waals surface area contributed by atoms with Gasteiger partial charge in [0.1, 0.15) is 0 Å². The van der Waals surface area contributed by atoms with Gasteiger partial charge in [-0.1, -0.05) is 51.8 Å². The van der Waals surface area contributed by atoms with Gasteiger partial charge in [-0.2, -0.15) is 0 Å². The summed E-state index contributed by atoms with van der Waals surface area (Å²) in [6.07, 6.45) is 4.47. The van der Waals surface area contributed by atoms with E-state index in [-0.39, 0.29) is 4.90 Å². The second-order valence-corrected chi connectivity index (χ2v) is 11.7. The molecule has 4 nitrogen and oxygen atoms in total. The van der Waals surface area contributed by atoms with Crippen LogP contribution in [0.5, 0.6) is 0 Å². The van der Waals surface area contributed by atoms with Crippen LogP contribution in [0.1, 0.15) is 11.1 Å². The van der Waals surface area contributed by atoms with Gasteiger partial charge in [0.05, 0.1) is 10.6 Å². The standard InChI is InChI=1S/C25H22BrIN2O2S/c1-18-7-13-23(14-8-18)32(30,31)29(22-11-9-20(26)10-12-22)17-21(27)15-19-16-28(2)25-6-4-3-5-24(19)25/h3-14,16-17H,15H2,1-2H3/b21-17-. The number of halogens is 2. The number of benzene rings is 3. The van der Waals surface area contributed by atoms with E-state index in [1.807, 2.05) is 50.4 Å². The first kappa shape index (κ1) is 23.1. The predicted octanol–water partition coefficient (Wildman–Crippen LogP) is 6.96. The van der Waals surface area contributed by atoms with Crippen molar-refractivity contribution in [3.63, 3.8) is 0 Å². The molecular formula is C25H22BrIN2O2S. The molecule has 0 fully saturated rings. The van der Waals surface area contributed by atoms with Crippen LogP contribution in [0.2, 0.25) is 0 Å². The zero-order chi connectivity index (χ0) is 22.9. The lowest BCUT2D eigenvalue weighted by molar-refractivity contribution is 0.595. The maximum absolute atomic E-state index is 13.6. The highest BCUT2D eigenvalue weighted by Crippen LogP contribution is 2.30. The summed E-state index contributed by atoms with van der Waals surface area (Å²) in [4.78, 5) is 0.261. The molecular weight excluding hydrogens is 599 g/mol. The molecule has 0 unspecified atom stereocenters. The Morgan fingerprint density at radius 3 is 2.38 bits per heavy atom. The van der Waals surface area contributed by atoms with Gasteiger partial charge in [0.15, 0.2) is 0 Å². The minimum absolute atomic E-state index is 0.261. The zero-order valence-corrected chi connectivity index (χ0v) is 22.2. The molecule has 7 heteroatoms. The first-order valence-corrected chi connectivity index (χ1v) is 13.3. The van der Waals surface area contributed by atoms with Gasteiger partial charge in [0, 0.05) is 44.8 Å². The monoisotopic (exact) mass is 620 g/mol. The summed E-state index contributed by atoms with van der Waals surface area (Å²) in [5.41, 5.74) is 3.91. The van der Waals surface area contributed by atoms with Crippen molar-refractivity contribution in [3.05, 3.63) is 104 Å². The summed E-state index contributed by atoms with van der Waals surface area (Å²) in [6.45, 7) is 1.94. The van der Waals surface area contributed by atoms with Crippen molar-refractivity contribution in [2.75, 3.05) is 4.31 Å². The Morgan fingerprint density at radius 1 is 1.03 bits per heavy atom. The van der Waals surface area contributed by atoms with Gasteiger partial charge in [-0.3, -0.25) is 0 Å². The molecule has 0 amide bonds. The molecule has 0 atom stereocenters. The van der Waals surface area contributed by atoms with Crippen LogP contribution in [-0.2, 0) is 23.5 Å². The van der Waals surface area contributed by atoms with E-state index < -0.39 is 10.0 Å². The minimum Gasteiger partial charge on any atom is -0.350 e. The third kappa shape index (κ3) is 4.79. The van der Waals surface area contributed by atoms with Crippen molar-refractivity contribution in [1.82, 2.24) is 4.57 Å². The summed E-state index contributed by atoms with van der Waals surface area (Å²) in [6, 6.07) is 22.5. The number of anilines is 1. The SMILES string of the molecule is Cc1ccc(S(=O)(=O)N(/C=C(\I)Cc2cn(C)c3ccccc23)c2ccc(Br)cc2)cc1. The van der Waals surface area contributed by atoms with Crippen molar-refractivity contribution >= 4 is 65.1 Å². The molecule has 0 aliphatic rings. The van der Waals surface area contributed by atoms with E-state index in [1.165, 1.54) is 9.69 Å². The van der Waals surface area contributed by atoms with Crippen LogP contribution in [-0.4, -0.2) is 13.0 Å². The first-order valence-electron chi connectivity index (χ1n) is 10.0. The van der Waals surface area contributed by atoms with Crippen LogP contribution in [0.15, 0.2) is 98.1 Å². The van der Waals surface area contributed by atoms with E-state index in [1.54, 1.807) is 30.5 Å². The van der Waals surface area contributed by atoms with Gasteiger partial charge in [0.25, 0.3) is 10.0 Å². The quantitative estimate of drug-likeness (QED) is 0.219. The summed E-state index contributed by atoms with van der Waals surface area (Å²) >= 11 is 5.67. The van der Waals surface area contributed by atoms with Crippen LogP contribution >= 0.6 is 38.5 Å². The van der Waals surface area contributed by atoms with E-state index in [4.69, 9.17) is 0 Å². The highest BCUT2D eigenvalue weighted by atomic mass is 127. The fourth-order valence-corrected chi connectivity index (χ4v) is 6.13. The second kappa shape index (κ2) is 9.41. The van der Waals surface area contributed by atoms with Crippen LogP contribution in [0.4, 0.5) is 5.69 Å². The van der Waals surface area contributed by atoms with E-state index in [0.29, 0.717) is 12.1 Å². The number of rotatable bonds is 6. The Labute approximate surface area is 210 Å². The number of aryl methyl sites for hydroxylation is 2. The molecule has 0 saturated heterocycles. The number of sulfonamides is 1. The zero-order valence-electron chi connectivity index (χ0n) is 17.7. The molecule has 0 radical (unpaired) electrons. The lowest BCUT2D eigenvalue weighted by Gasteiger charge is -2.22. The van der Waals surface area contributed by atoms with Gasteiger partial charge >= 0.3 is 0 Å². The molecule has 1 heterocycles. The number of aromatic nitrogens is 1. The van der Waals surface area contributed by atoms with E-state index in [2.05, 4.69) is 61.4 Å². The number of hydrogen-bond acceptors (Lipinski definition) is 2. The Hall–Kier alpha value is -2.10. The normalized spacial score (nSPS) is 12.3. The lowest BCUT2D eigenvalue weighted by atomic mass is 10.1. The molecule has 164 valence electrons. The van der Waals surface area contributed by atoms with Crippen LogP contribution in [0, 0.1) is 6.92 Å². The Balaban J connectivity index is 1.76. The number of para-hydroxylation sites is 1. The number of fused-ring (bicyclic) bond motifs is 1. The Morgan fingerprint density at radius 2 is 1.69 bits per heavy atom. The van der Waals surface area contributed by atoms with Crippen molar-refractivity contribution in [1.29, 1.82) is 0 Å². The average molecular weight is 621 g/mol. The van der Waals surface area contributed by atoms with E-state index >= 15 is 0 Å². The molecule has 0 aliphatic heterocycles. The van der Waals surface area contributed by atoms with Gasteiger partial charge in [-0.25, -0.2) is 12.7 Å². The van der Waals surface area contributed by atoms with Crippen molar-refractivity contribution < 1.29 is 8.42 Å². The molecule has 4 aromatic rings. The first-order chi connectivity index (χ1) is 15.3. The molecule has 0 aliphatic carbocycles. The smallest absolute Gasteiger partial charge is 0.268 e. The number of allylic oxidation sites excluding steroid dienone is 1. The molecule has 0 saturated carbocycles. The van der Waals surface area contributed by atoms with Crippen LogP contribution in [0.3, 0.4) is 0 Å². The molecule has 1 aromatic heterocycles. The van der Waals surface area contributed by atoms with Crippen LogP contribution < -0.4 is 4.31 Å². The van der Waals surface area contributed by atoms with Gasteiger partial charge in [0.2, 0.25) is 0 Å². The molecule has 0 N–H and O–H groups in total. The summed E-state index contributed by atoms with van der Waals surface area (Å²) in [5.74, 6) is 0. The predicted molar refractivity (Wildman–Crippen MR) is 144 cm³/mol. The Bertz CT molecular complexity index is 1390. The summed E-state index contributed by atoms with van der Waals surface area (Å²) in [7, 11) is -1.75. The van der Waals surface area contributed by atoms with E-state index in [0.717, 1.165) is 24.7 Å². The molecule has 0 spiro atoms. The van der Waals surface area contributed by atoms with Crippen molar-refractivity contribution in [3.8, 4) is 0 Å². The maximum Gasteiger partial charge on any atom is 0.268 e. The van der Waals surface area contributed by atoms with Gasteiger partial charge in [-0.15, -0.1) is 0 Å². The van der Waals surface area contributed by atoms with Crippen LogP contribution in [0.25, 0.3) is 10.9 Å².